The highest BCUT2D eigenvalue weighted by atomic mass is 32.1. The Labute approximate surface area is 203 Å². The van der Waals surface area contributed by atoms with Gasteiger partial charge in [-0.1, -0.05) is 24.3 Å². The monoisotopic (exact) mass is 482 g/mol. The molecule has 0 atom stereocenters. The standard InChI is InChI=1S/C25H30N4O4S/c30-22-19-7-2-3-8-20(19)33-16-5-1-4-9-25(24(32)28-13-6-12-27-22)10-14-29(15-11-25)23(31)21-17-26-18-34-21/h1-4,7-8,17-18H,5-6,9-16H2,(H,27,30)(H,28,32)/b4-1+. The number of nitrogens with one attached hydrogen (secondary N) is 2. The second-order valence-electron chi connectivity index (χ2n) is 8.61. The number of rotatable bonds is 1. The number of amides is 3. The third kappa shape index (κ3) is 5.64. The largest absolute Gasteiger partial charge is 0.492 e. The van der Waals surface area contributed by atoms with E-state index in [1.165, 1.54) is 11.3 Å². The van der Waals surface area contributed by atoms with E-state index >= 15 is 0 Å². The Hall–Kier alpha value is -3.20. The molecule has 0 unspecified atom stereocenters. The number of ether oxygens (including phenoxy) is 1. The van der Waals surface area contributed by atoms with E-state index in [9.17, 15) is 14.4 Å². The third-order valence-electron chi connectivity index (χ3n) is 6.41. The molecule has 2 N–H and O–H groups in total. The van der Waals surface area contributed by atoms with Gasteiger partial charge < -0.3 is 20.3 Å². The van der Waals surface area contributed by atoms with Gasteiger partial charge in [0.05, 0.1) is 29.3 Å². The molecule has 0 saturated carbocycles. The molecule has 2 aliphatic rings. The Morgan fingerprint density at radius 1 is 1.09 bits per heavy atom. The lowest BCUT2D eigenvalue weighted by molar-refractivity contribution is -0.133. The molecule has 180 valence electrons. The summed E-state index contributed by atoms with van der Waals surface area (Å²) in [5.74, 6) is 0.388. The van der Waals surface area contributed by atoms with Gasteiger partial charge >= 0.3 is 0 Å². The lowest BCUT2D eigenvalue weighted by Gasteiger charge is -2.40. The molecule has 0 bridgehead atoms. The van der Waals surface area contributed by atoms with Gasteiger partial charge in [0.25, 0.3) is 11.8 Å². The van der Waals surface area contributed by atoms with Crippen LogP contribution < -0.4 is 15.4 Å². The Balaban J connectivity index is 1.42. The molecule has 1 fully saturated rings. The molecule has 8 nitrogen and oxygen atoms in total. The van der Waals surface area contributed by atoms with Crippen LogP contribution in [0.5, 0.6) is 5.75 Å². The molecular weight excluding hydrogens is 452 g/mol. The van der Waals surface area contributed by atoms with E-state index in [-0.39, 0.29) is 17.7 Å². The first-order valence-corrected chi connectivity index (χ1v) is 12.6. The van der Waals surface area contributed by atoms with E-state index in [4.69, 9.17) is 4.74 Å². The predicted octanol–water partition coefficient (Wildman–Crippen LogP) is 3.03. The number of hydrogen-bond acceptors (Lipinski definition) is 6. The molecule has 0 aliphatic carbocycles. The van der Waals surface area contributed by atoms with Crippen LogP contribution >= 0.6 is 11.3 Å². The van der Waals surface area contributed by atoms with Crippen molar-refractivity contribution in [1.29, 1.82) is 0 Å². The Morgan fingerprint density at radius 3 is 2.68 bits per heavy atom. The highest BCUT2D eigenvalue weighted by molar-refractivity contribution is 7.11. The summed E-state index contributed by atoms with van der Waals surface area (Å²) >= 11 is 1.34. The molecule has 4 rings (SSSR count). The smallest absolute Gasteiger partial charge is 0.265 e. The fraction of sp³-hybridized carbons (Fsp3) is 0.440. The molecule has 1 aromatic carbocycles. The summed E-state index contributed by atoms with van der Waals surface area (Å²) < 4.78 is 5.85. The number of nitrogens with zero attached hydrogens (tertiary/aromatic N) is 2. The average molecular weight is 483 g/mol. The van der Waals surface area contributed by atoms with Crippen molar-refractivity contribution in [2.45, 2.75) is 32.1 Å². The summed E-state index contributed by atoms with van der Waals surface area (Å²) in [7, 11) is 0. The first-order valence-electron chi connectivity index (χ1n) is 11.7. The summed E-state index contributed by atoms with van der Waals surface area (Å²) in [5.41, 5.74) is 1.62. The summed E-state index contributed by atoms with van der Waals surface area (Å²) in [6.45, 7) is 2.45. The van der Waals surface area contributed by atoms with E-state index in [0.29, 0.717) is 81.1 Å². The number of allylic oxidation sites excluding steroid dienone is 1. The van der Waals surface area contributed by atoms with Gasteiger partial charge in [-0.3, -0.25) is 19.4 Å². The van der Waals surface area contributed by atoms with Crippen LogP contribution in [0.3, 0.4) is 0 Å². The quantitative estimate of drug-likeness (QED) is 0.609. The van der Waals surface area contributed by atoms with Gasteiger partial charge in [0, 0.05) is 26.2 Å². The topological polar surface area (TPSA) is 101 Å². The van der Waals surface area contributed by atoms with Crippen molar-refractivity contribution in [2.24, 2.45) is 5.41 Å². The number of fused-ring (bicyclic) bond motifs is 1. The average Bonchev–Trinajstić information content (AvgIpc) is 3.40. The molecule has 9 heteroatoms. The van der Waals surface area contributed by atoms with Crippen LogP contribution in [0.15, 0.2) is 48.1 Å². The first kappa shape index (κ1) is 23.9. The van der Waals surface area contributed by atoms with Crippen molar-refractivity contribution in [3.8, 4) is 5.75 Å². The van der Waals surface area contributed by atoms with Gasteiger partial charge in [-0.05, 0) is 44.2 Å². The predicted molar refractivity (Wildman–Crippen MR) is 130 cm³/mol. The van der Waals surface area contributed by atoms with Crippen LogP contribution in [0, 0.1) is 5.41 Å². The highest BCUT2D eigenvalue weighted by Gasteiger charge is 2.41. The molecule has 1 saturated heterocycles. The molecule has 1 spiro atoms. The second-order valence-corrected chi connectivity index (χ2v) is 9.50. The molecule has 3 amide bonds. The third-order valence-corrected chi connectivity index (χ3v) is 7.17. The summed E-state index contributed by atoms with van der Waals surface area (Å²) in [4.78, 5) is 44.9. The number of carbonyl (C=O) groups is 3. The maximum absolute atomic E-state index is 13.2. The summed E-state index contributed by atoms with van der Waals surface area (Å²) in [6.07, 6.45) is 8.80. The van der Waals surface area contributed by atoms with Crippen molar-refractivity contribution in [3.63, 3.8) is 0 Å². The zero-order valence-electron chi connectivity index (χ0n) is 19.1. The van der Waals surface area contributed by atoms with Crippen LogP contribution in [-0.4, -0.2) is 60.4 Å². The van der Waals surface area contributed by atoms with E-state index in [0.717, 1.165) is 0 Å². The normalized spacial score (nSPS) is 20.5. The Bertz CT molecular complexity index is 1030. The summed E-state index contributed by atoms with van der Waals surface area (Å²) in [6, 6.07) is 7.22. The molecular formula is C25H30N4O4S. The van der Waals surface area contributed by atoms with Crippen molar-refractivity contribution in [2.75, 3.05) is 32.8 Å². The van der Waals surface area contributed by atoms with Crippen molar-refractivity contribution in [1.82, 2.24) is 20.5 Å². The van der Waals surface area contributed by atoms with Crippen molar-refractivity contribution in [3.05, 3.63) is 58.6 Å². The van der Waals surface area contributed by atoms with E-state index in [2.05, 4.69) is 15.6 Å². The van der Waals surface area contributed by atoms with Gasteiger partial charge in [0.15, 0.2) is 0 Å². The molecule has 1 aromatic heterocycles. The molecule has 2 aliphatic heterocycles. The van der Waals surface area contributed by atoms with E-state index in [1.54, 1.807) is 23.8 Å². The fourth-order valence-corrected chi connectivity index (χ4v) is 4.94. The molecule has 34 heavy (non-hydrogen) atoms. The zero-order chi connectivity index (χ0) is 23.8. The minimum atomic E-state index is -0.547. The number of thiazole rings is 1. The van der Waals surface area contributed by atoms with Crippen LogP contribution in [0.1, 0.15) is 52.1 Å². The Kier molecular flexibility index (Phi) is 7.95. The fourth-order valence-electron chi connectivity index (χ4n) is 4.36. The number of carbonyl (C=O) groups excluding carboxylic acids is 3. The maximum Gasteiger partial charge on any atom is 0.265 e. The lowest BCUT2D eigenvalue weighted by atomic mass is 9.74. The minimum absolute atomic E-state index is 0.0158. The zero-order valence-corrected chi connectivity index (χ0v) is 19.9. The first-order chi connectivity index (χ1) is 16.6. The number of para-hydroxylation sites is 1. The van der Waals surface area contributed by atoms with E-state index in [1.807, 2.05) is 29.2 Å². The van der Waals surface area contributed by atoms with Gasteiger partial charge in [-0.25, -0.2) is 0 Å². The van der Waals surface area contributed by atoms with Crippen LogP contribution in [-0.2, 0) is 4.79 Å². The molecule has 3 heterocycles. The molecule has 2 aromatic rings. The van der Waals surface area contributed by atoms with E-state index < -0.39 is 5.41 Å². The number of piperidine rings is 1. The number of aromatic nitrogens is 1. The van der Waals surface area contributed by atoms with Gasteiger partial charge in [0.2, 0.25) is 5.91 Å². The number of hydrogen-bond donors (Lipinski definition) is 2. The van der Waals surface area contributed by atoms with Crippen LogP contribution in [0.2, 0.25) is 0 Å². The van der Waals surface area contributed by atoms with Crippen molar-refractivity contribution < 1.29 is 19.1 Å². The number of likely N-dealkylation sites (tertiary alicyclic amines) is 1. The lowest BCUT2D eigenvalue weighted by Crippen LogP contribution is -2.50. The highest BCUT2D eigenvalue weighted by Crippen LogP contribution is 2.36. The van der Waals surface area contributed by atoms with Gasteiger partial charge in [-0.2, -0.15) is 0 Å². The molecule has 0 radical (unpaired) electrons. The van der Waals surface area contributed by atoms with Crippen molar-refractivity contribution >= 4 is 29.1 Å². The second kappa shape index (κ2) is 11.3. The van der Waals surface area contributed by atoms with Gasteiger partial charge in [0.1, 0.15) is 10.6 Å². The number of benzene rings is 1. The SMILES string of the molecule is O=C1NCCCNC(=O)C2(C/C=C/CCOc3ccccc31)CCN(C(=O)c1cncs1)CC2. The van der Waals surface area contributed by atoms with Gasteiger partial charge in [-0.15, -0.1) is 11.3 Å². The minimum Gasteiger partial charge on any atom is -0.492 e. The van der Waals surface area contributed by atoms with Crippen LogP contribution in [0.4, 0.5) is 0 Å². The summed E-state index contributed by atoms with van der Waals surface area (Å²) in [5, 5.41) is 5.98. The Morgan fingerprint density at radius 2 is 1.88 bits per heavy atom. The maximum atomic E-state index is 13.2. The van der Waals surface area contributed by atoms with Crippen LogP contribution in [0.25, 0.3) is 0 Å².